The van der Waals surface area contributed by atoms with E-state index in [2.05, 4.69) is 34.3 Å². The Kier molecular flexibility index (Phi) is 28.8. The van der Waals surface area contributed by atoms with Gasteiger partial charge in [-0.15, -0.1) is 10.2 Å². The molecule has 2 fully saturated rings. The molecule has 0 saturated carbocycles. The van der Waals surface area contributed by atoms with Crippen LogP contribution in [0.1, 0.15) is 166 Å². The molecule has 618 valence electrons. The number of carbonyl (C=O) groups excluding carboxylic acids is 4. The number of nitrogens with zero attached hydrogens (tertiary/aromatic N) is 4. The maximum absolute atomic E-state index is 14.0. The minimum atomic E-state index is -0.667. The number of benzene rings is 10. The first-order valence-corrected chi connectivity index (χ1v) is 41.0. The Bertz CT molecular complexity index is 4920. The van der Waals surface area contributed by atoms with E-state index in [1.165, 1.54) is 50.9 Å². The lowest BCUT2D eigenvalue weighted by Crippen LogP contribution is -2.45. The van der Waals surface area contributed by atoms with Crippen molar-refractivity contribution in [3.05, 3.63) is 274 Å². The standard InChI is InChI=1S/C98H98N4O18/c1-5-97(63-111-64-97)61-109-49-19-7-9-21-53-115-87-45-37-69(57-89(87)107-3)95(105)119-85-47-43-75(55-71(85)59-99-101-91-81-29-15-11-25-77(81)78-26-12-16-30-82(78)91)117-93(103)67-33-39-73(40-34-67)113-51-23-24-52-114-74-41-35-68(36-42-74)94(104)118-76-44-48-86(72(56-76)60-100-102-92-83-31-17-13-27-79(83)80-28-14-18-32-84(80)92)120-96(106)70-38-46-88(90(58-70)108-4)116-54-22-10-8-20-50-110-62-98(6-2)65-112-66-98/h11-18,25-48,55-60H,5-10,19-24,49-54,61-66H2,1-4H3/b99-59+,100-60+. The number of esters is 4. The molecule has 0 radical (unpaired) electrons. The number of hydrogen-bond acceptors (Lipinski definition) is 22. The lowest BCUT2D eigenvalue weighted by molar-refractivity contribution is -0.150. The van der Waals surface area contributed by atoms with E-state index in [0.29, 0.717) is 96.3 Å². The molecule has 2 aliphatic heterocycles. The van der Waals surface area contributed by atoms with Crippen molar-refractivity contribution in [1.82, 2.24) is 0 Å². The Morgan fingerprint density at radius 1 is 0.325 bits per heavy atom. The average Bonchev–Trinajstić information content (AvgIpc) is 1.62. The molecule has 0 atom stereocenters. The van der Waals surface area contributed by atoms with Crippen molar-refractivity contribution in [2.45, 2.75) is 90.9 Å². The maximum atomic E-state index is 14.0. The Morgan fingerprint density at radius 2 is 0.633 bits per heavy atom. The van der Waals surface area contributed by atoms with E-state index < -0.39 is 23.9 Å². The molecule has 10 aromatic carbocycles. The van der Waals surface area contributed by atoms with Gasteiger partial charge in [0.15, 0.2) is 23.0 Å². The van der Waals surface area contributed by atoms with Gasteiger partial charge in [-0.25, -0.2) is 19.2 Å². The summed E-state index contributed by atoms with van der Waals surface area (Å²) < 4.78 is 82.3. The third-order valence-electron chi connectivity index (χ3n) is 21.7. The molecule has 0 amide bonds. The van der Waals surface area contributed by atoms with Gasteiger partial charge in [-0.2, -0.15) is 10.2 Å². The smallest absolute Gasteiger partial charge is 0.343 e. The summed E-state index contributed by atoms with van der Waals surface area (Å²) in [7, 11) is 3.04. The van der Waals surface area contributed by atoms with Gasteiger partial charge < -0.3 is 66.3 Å². The van der Waals surface area contributed by atoms with Crippen molar-refractivity contribution in [3.63, 3.8) is 0 Å². The van der Waals surface area contributed by atoms with Crippen molar-refractivity contribution in [1.29, 1.82) is 0 Å². The van der Waals surface area contributed by atoms with Gasteiger partial charge in [0, 0.05) is 57.4 Å². The monoisotopic (exact) mass is 1620 g/mol. The van der Waals surface area contributed by atoms with Gasteiger partial charge in [-0.05, 0) is 208 Å². The van der Waals surface area contributed by atoms with Crippen molar-refractivity contribution in [2.75, 3.05) is 93.5 Å². The van der Waals surface area contributed by atoms with Crippen LogP contribution < -0.4 is 47.4 Å². The fourth-order valence-electron chi connectivity index (χ4n) is 14.3. The summed E-state index contributed by atoms with van der Waals surface area (Å²) in [6.07, 6.45) is 14.0. The molecule has 2 aliphatic carbocycles. The van der Waals surface area contributed by atoms with Crippen LogP contribution in [0.5, 0.6) is 57.5 Å². The normalized spacial score (nSPS) is 13.7. The van der Waals surface area contributed by atoms with Gasteiger partial charge in [0.25, 0.3) is 0 Å². The molecule has 0 N–H and O–H groups in total. The second kappa shape index (κ2) is 41.2. The van der Waals surface area contributed by atoms with Gasteiger partial charge in [0.1, 0.15) is 45.9 Å². The van der Waals surface area contributed by atoms with Crippen molar-refractivity contribution in [2.24, 2.45) is 31.2 Å². The predicted molar refractivity (Wildman–Crippen MR) is 459 cm³/mol. The van der Waals surface area contributed by atoms with E-state index in [-0.39, 0.29) is 56.1 Å². The van der Waals surface area contributed by atoms with Crippen LogP contribution in [0.25, 0.3) is 22.3 Å². The molecule has 120 heavy (non-hydrogen) atoms. The second-order valence-electron chi connectivity index (χ2n) is 30.0. The van der Waals surface area contributed by atoms with Gasteiger partial charge in [0.05, 0.1) is 115 Å². The fraction of sp³-hybridized carbons (Fsp3) is 0.306. The summed E-state index contributed by atoms with van der Waals surface area (Å²) in [5.41, 5.74) is 11.2. The van der Waals surface area contributed by atoms with Gasteiger partial charge in [-0.1, -0.05) is 124 Å². The highest BCUT2D eigenvalue weighted by Crippen LogP contribution is 2.41. The second-order valence-corrected chi connectivity index (χ2v) is 30.0. The molecular formula is C98H98N4O18. The van der Waals surface area contributed by atoms with Crippen molar-refractivity contribution < 1.29 is 85.5 Å². The first-order chi connectivity index (χ1) is 58.9. The highest BCUT2D eigenvalue weighted by atomic mass is 16.6. The Labute approximate surface area is 699 Å². The van der Waals surface area contributed by atoms with E-state index in [9.17, 15) is 19.2 Å². The van der Waals surface area contributed by atoms with Crippen LogP contribution in [0.3, 0.4) is 0 Å². The number of ether oxygens (including phenoxy) is 14. The number of methoxy groups -OCH3 is 2. The van der Waals surface area contributed by atoms with Crippen LogP contribution in [0, 0.1) is 10.8 Å². The van der Waals surface area contributed by atoms with Crippen LogP contribution in [-0.2, 0) is 18.9 Å². The molecule has 22 heteroatoms. The van der Waals surface area contributed by atoms with Crippen LogP contribution >= 0.6 is 0 Å². The van der Waals surface area contributed by atoms with E-state index in [4.69, 9.17) is 66.3 Å². The SMILES string of the molecule is CCC1(COCCCCCCOc2ccc(C(=O)Oc3ccc(OC(=O)c4ccc(OCCCCOc5ccc(C(=O)Oc6ccc(OC(=O)c7ccc(OCCCCCCOCC8(CC)COC8)c(OC)c7)c(/C=N/N=C7c8ccccc8-c8ccccc87)c6)cc5)cc4)cc3/C=N/N=C3c4ccccc4-c4ccccc43)cc2OC)COC1. The average molecular weight is 1620 g/mol. The quantitative estimate of drug-likeness (QED) is 0.0113. The van der Waals surface area contributed by atoms with Gasteiger partial charge >= 0.3 is 23.9 Å². The van der Waals surface area contributed by atoms with Crippen LogP contribution in [-0.4, -0.2) is 141 Å². The van der Waals surface area contributed by atoms with Crippen molar-refractivity contribution in [3.8, 4) is 79.7 Å². The molecule has 0 aromatic heterocycles. The molecule has 4 aliphatic rings. The van der Waals surface area contributed by atoms with E-state index in [1.807, 2.05) is 97.1 Å². The Balaban J connectivity index is 0.552. The minimum Gasteiger partial charge on any atom is -0.494 e. The summed E-state index contributed by atoms with van der Waals surface area (Å²) in [5.74, 6) is 0.874. The van der Waals surface area contributed by atoms with Crippen molar-refractivity contribution >= 4 is 47.7 Å². The fourth-order valence-corrected chi connectivity index (χ4v) is 14.3. The number of fused-ring (bicyclic) bond motifs is 6. The zero-order chi connectivity index (χ0) is 82.9. The predicted octanol–water partition coefficient (Wildman–Crippen LogP) is 19.3. The van der Waals surface area contributed by atoms with E-state index in [0.717, 1.165) is 162 Å². The number of rotatable bonds is 43. The lowest BCUT2D eigenvalue weighted by atomic mass is 9.84. The lowest BCUT2D eigenvalue weighted by Gasteiger charge is -2.40. The summed E-state index contributed by atoms with van der Waals surface area (Å²) in [6, 6.07) is 64.2. The van der Waals surface area contributed by atoms with E-state index >= 15 is 0 Å². The van der Waals surface area contributed by atoms with Crippen LogP contribution in [0.2, 0.25) is 0 Å². The summed E-state index contributed by atoms with van der Waals surface area (Å²) in [6.45, 7) is 12.1. The highest BCUT2D eigenvalue weighted by molar-refractivity contribution is 6.25. The van der Waals surface area contributed by atoms with E-state index in [1.54, 1.807) is 97.1 Å². The maximum Gasteiger partial charge on any atom is 0.343 e. The van der Waals surface area contributed by atoms with Crippen LogP contribution in [0.15, 0.2) is 239 Å². The third-order valence-corrected chi connectivity index (χ3v) is 21.7. The first kappa shape index (κ1) is 83.9. The molecule has 0 unspecified atom stereocenters. The molecule has 22 nitrogen and oxygen atoms in total. The highest BCUT2D eigenvalue weighted by Gasteiger charge is 2.38. The topological polar surface area (TPSA) is 247 Å². The minimum absolute atomic E-state index is 0.140. The number of unbranched alkanes of at least 4 members (excludes halogenated alkanes) is 7. The summed E-state index contributed by atoms with van der Waals surface area (Å²) >= 11 is 0. The molecule has 0 spiro atoms. The number of carbonyl (C=O) groups is 4. The van der Waals surface area contributed by atoms with Crippen LogP contribution in [0.4, 0.5) is 0 Å². The zero-order valence-electron chi connectivity index (χ0n) is 68.0. The third kappa shape index (κ3) is 21.3. The van der Waals surface area contributed by atoms with Gasteiger partial charge in [0.2, 0.25) is 0 Å². The molecule has 2 saturated heterocycles. The largest absolute Gasteiger partial charge is 0.494 e. The zero-order valence-corrected chi connectivity index (χ0v) is 68.0. The van der Waals surface area contributed by atoms with Gasteiger partial charge in [-0.3, -0.25) is 0 Å². The summed E-state index contributed by atoms with van der Waals surface area (Å²) in [4.78, 5) is 55.4. The summed E-state index contributed by atoms with van der Waals surface area (Å²) in [5, 5.41) is 18.4. The molecule has 2 heterocycles. The first-order valence-electron chi connectivity index (χ1n) is 41.0. The molecular weight excluding hydrogens is 1520 g/mol. The number of hydrogen-bond donors (Lipinski definition) is 0. The Hall–Kier alpha value is -12.6. The molecule has 0 bridgehead atoms. The Morgan fingerprint density at radius 3 is 0.975 bits per heavy atom. The molecule has 14 rings (SSSR count). The molecule has 10 aromatic rings.